The number of aliphatic imine (C=N–C) groups is 1. The fourth-order valence-corrected chi connectivity index (χ4v) is 3.63. The first-order valence-electron chi connectivity index (χ1n) is 7.84. The van der Waals surface area contributed by atoms with E-state index >= 15 is 0 Å². The number of carbonyl (C=O) groups excluding carboxylic acids is 2. The summed E-state index contributed by atoms with van der Waals surface area (Å²) in [5.41, 5.74) is 1.83. The Morgan fingerprint density at radius 1 is 1.27 bits per heavy atom. The Kier molecular flexibility index (Phi) is 7.26. The van der Waals surface area contributed by atoms with Gasteiger partial charge in [0, 0.05) is 22.7 Å². The monoisotopic (exact) mass is 461 g/mol. The number of halogens is 3. The summed E-state index contributed by atoms with van der Waals surface area (Å²) in [6.45, 7) is 3.61. The van der Waals surface area contributed by atoms with Gasteiger partial charge in [-0.1, -0.05) is 51.3 Å². The Bertz CT molecular complexity index is 791. The van der Waals surface area contributed by atoms with Crippen LogP contribution in [0.4, 0.5) is 0 Å². The second-order valence-corrected chi connectivity index (χ2v) is 7.28. The van der Waals surface area contributed by atoms with Gasteiger partial charge < -0.3 is 9.47 Å². The maximum atomic E-state index is 12.7. The van der Waals surface area contributed by atoms with Crippen LogP contribution in [-0.4, -0.2) is 36.7 Å². The van der Waals surface area contributed by atoms with Crippen LogP contribution in [-0.2, 0) is 19.1 Å². The molecule has 1 aliphatic rings. The summed E-state index contributed by atoms with van der Waals surface area (Å²) < 4.78 is 10.2. The van der Waals surface area contributed by atoms with Crippen LogP contribution in [0, 0.1) is 5.92 Å². The summed E-state index contributed by atoms with van der Waals surface area (Å²) in [7, 11) is 1.29. The van der Waals surface area contributed by atoms with Gasteiger partial charge in [0.05, 0.1) is 22.7 Å². The first-order valence-corrected chi connectivity index (χ1v) is 9.72. The van der Waals surface area contributed by atoms with E-state index in [1.54, 1.807) is 32.0 Å². The summed E-state index contributed by atoms with van der Waals surface area (Å²) in [5, 5.41) is 1.11. The highest BCUT2D eigenvalue weighted by Crippen LogP contribution is 2.44. The van der Waals surface area contributed by atoms with E-state index in [4.69, 9.17) is 32.7 Å². The van der Waals surface area contributed by atoms with Crippen molar-refractivity contribution in [2.24, 2.45) is 10.9 Å². The molecule has 140 valence electrons. The zero-order valence-electron chi connectivity index (χ0n) is 14.5. The zero-order chi connectivity index (χ0) is 19.4. The van der Waals surface area contributed by atoms with E-state index in [1.165, 1.54) is 7.11 Å². The van der Waals surface area contributed by atoms with Crippen molar-refractivity contribution in [3.05, 3.63) is 45.1 Å². The molecule has 0 amide bonds. The predicted octanol–water partition coefficient (Wildman–Crippen LogP) is 4.55. The highest BCUT2D eigenvalue weighted by Gasteiger charge is 2.43. The number of alkyl halides is 1. The Morgan fingerprint density at radius 3 is 2.58 bits per heavy atom. The van der Waals surface area contributed by atoms with Crippen LogP contribution in [0.2, 0.25) is 10.0 Å². The van der Waals surface area contributed by atoms with Crippen molar-refractivity contribution in [3.63, 3.8) is 0 Å². The van der Waals surface area contributed by atoms with Gasteiger partial charge in [-0.05, 0) is 25.5 Å². The van der Waals surface area contributed by atoms with E-state index in [-0.39, 0.29) is 17.2 Å². The summed E-state index contributed by atoms with van der Waals surface area (Å²) in [6.07, 6.45) is 0. The highest BCUT2D eigenvalue weighted by molar-refractivity contribution is 9.09. The summed E-state index contributed by atoms with van der Waals surface area (Å²) in [6, 6.07) is 5.10. The molecule has 2 rings (SSSR count). The smallest absolute Gasteiger partial charge is 0.336 e. The summed E-state index contributed by atoms with van der Waals surface area (Å²) >= 11 is 15.8. The molecule has 0 aliphatic carbocycles. The predicted molar refractivity (Wildman–Crippen MR) is 105 cm³/mol. The molecular weight excluding hydrogens is 445 g/mol. The second-order valence-electron chi connectivity index (χ2n) is 5.70. The number of esters is 2. The van der Waals surface area contributed by atoms with Gasteiger partial charge in [-0.2, -0.15) is 0 Å². The minimum Gasteiger partial charge on any atom is -0.468 e. The maximum Gasteiger partial charge on any atom is 0.336 e. The third-order valence-electron chi connectivity index (χ3n) is 4.13. The number of hydrogen-bond donors (Lipinski definition) is 0. The average molecular weight is 463 g/mol. The number of allylic oxidation sites excluding steroid dienone is 1. The molecule has 0 aromatic heterocycles. The lowest BCUT2D eigenvalue weighted by atomic mass is 9.75. The molecule has 1 aromatic carbocycles. The van der Waals surface area contributed by atoms with Crippen molar-refractivity contribution in [1.29, 1.82) is 0 Å². The molecule has 0 saturated heterocycles. The average Bonchev–Trinajstić information content (AvgIpc) is 2.60. The van der Waals surface area contributed by atoms with E-state index in [1.807, 2.05) is 0 Å². The Labute approximate surface area is 170 Å². The Morgan fingerprint density at radius 2 is 1.96 bits per heavy atom. The molecular formula is C18H18BrCl2NO4. The van der Waals surface area contributed by atoms with E-state index in [2.05, 4.69) is 20.9 Å². The minimum absolute atomic E-state index is 0.192. The lowest BCUT2D eigenvalue weighted by Crippen LogP contribution is -2.36. The van der Waals surface area contributed by atoms with Crippen molar-refractivity contribution in [2.45, 2.75) is 19.8 Å². The van der Waals surface area contributed by atoms with E-state index < -0.39 is 23.8 Å². The Hall–Kier alpha value is -1.37. The molecule has 26 heavy (non-hydrogen) atoms. The lowest BCUT2D eigenvalue weighted by Gasteiger charge is -2.31. The molecule has 0 saturated carbocycles. The molecule has 1 heterocycles. The fraction of sp³-hybridized carbons (Fsp3) is 0.389. The molecule has 8 heteroatoms. The second kappa shape index (κ2) is 9.02. The molecule has 0 spiro atoms. The molecule has 0 N–H and O–H groups in total. The van der Waals surface area contributed by atoms with Crippen LogP contribution in [0.15, 0.2) is 34.5 Å². The first kappa shape index (κ1) is 20.9. The number of benzene rings is 1. The maximum absolute atomic E-state index is 12.7. The zero-order valence-corrected chi connectivity index (χ0v) is 17.6. The van der Waals surface area contributed by atoms with Crippen LogP contribution < -0.4 is 0 Å². The number of carbonyl (C=O) groups is 2. The molecule has 2 unspecified atom stereocenters. The SMILES string of the molecule is COC(=O)C1C(C)=NC(C)=C(C(=O)OCCBr)C1c1cccc(Cl)c1Cl. The van der Waals surface area contributed by atoms with Crippen molar-refractivity contribution >= 4 is 56.8 Å². The van der Waals surface area contributed by atoms with Crippen molar-refractivity contribution in [2.75, 3.05) is 19.0 Å². The van der Waals surface area contributed by atoms with Crippen molar-refractivity contribution in [3.8, 4) is 0 Å². The van der Waals surface area contributed by atoms with Crippen molar-refractivity contribution in [1.82, 2.24) is 0 Å². The third-order valence-corrected chi connectivity index (χ3v) is 5.29. The van der Waals surface area contributed by atoms with Crippen LogP contribution in [0.25, 0.3) is 0 Å². The number of methoxy groups -OCH3 is 1. The third kappa shape index (κ3) is 4.13. The topological polar surface area (TPSA) is 65.0 Å². The molecule has 0 radical (unpaired) electrons. The molecule has 1 aliphatic heterocycles. The van der Waals surface area contributed by atoms with E-state index in [9.17, 15) is 9.59 Å². The minimum atomic E-state index is -0.800. The van der Waals surface area contributed by atoms with Gasteiger partial charge in [0.1, 0.15) is 12.5 Å². The molecule has 0 fully saturated rings. The van der Waals surface area contributed by atoms with Crippen LogP contribution in [0.5, 0.6) is 0 Å². The van der Waals surface area contributed by atoms with Crippen molar-refractivity contribution < 1.29 is 19.1 Å². The largest absolute Gasteiger partial charge is 0.468 e. The van der Waals surface area contributed by atoms with Gasteiger partial charge in [-0.3, -0.25) is 9.79 Å². The lowest BCUT2D eigenvalue weighted by molar-refractivity contribution is -0.144. The van der Waals surface area contributed by atoms with E-state index in [0.29, 0.717) is 27.3 Å². The summed E-state index contributed by atoms with van der Waals surface area (Å²) in [5.74, 6) is -2.56. The standard InChI is InChI=1S/C18H18BrCl2NO4/c1-9-13(17(23)25-3)15(11-5-4-6-12(20)16(11)21)14(10(2)22-9)18(24)26-8-7-19/h4-6,13,15H,7-8H2,1-3H3. The first-order chi connectivity index (χ1) is 12.3. The number of rotatable bonds is 5. The summed E-state index contributed by atoms with van der Waals surface area (Å²) in [4.78, 5) is 29.6. The normalized spacial score (nSPS) is 19.8. The fourth-order valence-electron chi connectivity index (χ4n) is 3.04. The van der Waals surface area contributed by atoms with Gasteiger partial charge in [0.2, 0.25) is 0 Å². The molecule has 0 bridgehead atoms. The molecule has 1 aromatic rings. The number of hydrogen-bond acceptors (Lipinski definition) is 5. The van der Waals surface area contributed by atoms with Gasteiger partial charge >= 0.3 is 11.9 Å². The van der Waals surface area contributed by atoms with Gasteiger partial charge in [-0.25, -0.2) is 4.79 Å². The Balaban J connectivity index is 2.67. The van der Waals surface area contributed by atoms with E-state index in [0.717, 1.165) is 0 Å². The van der Waals surface area contributed by atoms with Gasteiger partial charge in [-0.15, -0.1) is 0 Å². The highest BCUT2D eigenvalue weighted by atomic mass is 79.9. The number of nitrogens with zero attached hydrogens (tertiary/aromatic N) is 1. The van der Waals surface area contributed by atoms with Crippen LogP contribution in [0.1, 0.15) is 25.3 Å². The van der Waals surface area contributed by atoms with Gasteiger partial charge in [0.15, 0.2) is 0 Å². The van der Waals surface area contributed by atoms with Crippen LogP contribution in [0.3, 0.4) is 0 Å². The molecule has 5 nitrogen and oxygen atoms in total. The van der Waals surface area contributed by atoms with Crippen LogP contribution >= 0.6 is 39.1 Å². The molecule has 2 atom stereocenters. The van der Waals surface area contributed by atoms with Gasteiger partial charge in [0.25, 0.3) is 0 Å². The number of ether oxygens (including phenoxy) is 2. The quantitative estimate of drug-likeness (QED) is 0.475.